The van der Waals surface area contributed by atoms with Crippen molar-refractivity contribution in [1.29, 1.82) is 0 Å². The summed E-state index contributed by atoms with van der Waals surface area (Å²) in [7, 11) is 0. The summed E-state index contributed by atoms with van der Waals surface area (Å²) in [6, 6.07) is 0. The van der Waals surface area contributed by atoms with E-state index in [1.165, 1.54) is 32.1 Å². The van der Waals surface area contributed by atoms with Crippen LogP contribution in [0.4, 0.5) is 0 Å². The molecule has 0 spiro atoms. The lowest BCUT2D eigenvalue weighted by Gasteiger charge is -2.29. The predicted molar refractivity (Wildman–Crippen MR) is 64.9 cm³/mol. The molecule has 2 rings (SSSR count). The molecule has 0 saturated heterocycles. The summed E-state index contributed by atoms with van der Waals surface area (Å²) in [6.07, 6.45) is 8.51. The summed E-state index contributed by atoms with van der Waals surface area (Å²) in [6.45, 7) is 1.54. The first-order valence-corrected chi connectivity index (χ1v) is 6.79. The van der Waals surface area contributed by atoms with E-state index >= 15 is 0 Å². The highest BCUT2D eigenvalue weighted by Gasteiger charge is 2.30. The van der Waals surface area contributed by atoms with E-state index in [1.54, 1.807) is 0 Å². The van der Waals surface area contributed by atoms with Crippen LogP contribution in [-0.4, -0.2) is 19.0 Å². The molecule has 0 heterocycles. The fourth-order valence-electron chi connectivity index (χ4n) is 2.77. The van der Waals surface area contributed by atoms with Gasteiger partial charge in [-0.05, 0) is 37.6 Å². The summed E-state index contributed by atoms with van der Waals surface area (Å²) in [5.41, 5.74) is 5.74. The van der Waals surface area contributed by atoms with E-state index in [0.29, 0.717) is 12.5 Å². The van der Waals surface area contributed by atoms with Gasteiger partial charge in [0.2, 0.25) is 5.91 Å². The van der Waals surface area contributed by atoms with Crippen molar-refractivity contribution in [2.75, 3.05) is 13.1 Å². The minimum atomic E-state index is 0.193. The van der Waals surface area contributed by atoms with Crippen LogP contribution in [0.1, 0.15) is 44.9 Å². The Kier molecular flexibility index (Phi) is 4.22. The highest BCUT2D eigenvalue weighted by molar-refractivity contribution is 5.79. The molecule has 0 bridgehead atoms. The van der Waals surface area contributed by atoms with E-state index < -0.39 is 0 Å². The monoisotopic (exact) mass is 224 g/mol. The van der Waals surface area contributed by atoms with Crippen molar-refractivity contribution in [1.82, 2.24) is 5.32 Å². The molecule has 0 aromatic carbocycles. The van der Waals surface area contributed by atoms with Crippen molar-refractivity contribution in [3.05, 3.63) is 0 Å². The Morgan fingerprint density at radius 2 is 1.94 bits per heavy atom. The van der Waals surface area contributed by atoms with Crippen molar-refractivity contribution < 1.29 is 4.79 Å². The van der Waals surface area contributed by atoms with Gasteiger partial charge < -0.3 is 11.1 Å². The highest BCUT2D eigenvalue weighted by atomic mass is 16.1. The van der Waals surface area contributed by atoms with Gasteiger partial charge in [0, 0.05) is 12.5 Å². The summed E-state index contributed by atoms with van der Waals surface area (Å²) in [4.78, 5) is 12.0. The number of hydrogen-bond donors (Lipinski definition) is 2. The van der Waals surface area contributed by atoms with Gasteiger partial charge in [-0.15, -0.1) is 0 Å². The summed E-state index contributed by atoms with van der Waals surface area (Å²) < 4.78 is 0. The number of nitrogens with two attached hydrogens (primary N) is 1. The molecule has 2 fully saturated rings. The third-order valence-electron chi connectivity index (χ3n) is 4.10. The normalized spacial score (nSPS) is 30.1. The fourth-order valence-corrected chi connectivity index (χ4v) is 2.77. The Labute approximate surface area is 98.2 Å². The summed E-state index contributed by atoms with van der Waals surface area (Å²) in [5.74, 6) is 1.78. The first kappa shape index (κ1) is 11.9. The van der Waals surface area contributed by atoms with E-state index in [2.05, 4.69) is 5.32 Å². The van der Waals surface area contributed by atoms with Gasteiger partial charge in [0.05, 0.1) is 0 Å². The van der Waals surface area contributed by atoms with Gasteiger partial charge in [0.1, 0.15) is 0 Å². The molecular weight excluding hydrogens is 200 g/mol. The van der Waals surface area contributed by atoms with Gasteiger partial charge >= 0.3 is 0 Å². The SMILES string of the molecule is NCC1CCCCC1C(=O)NCCC1CC1. The van der Waals surface area contributed by atoms with Gasteiger partial charge in [0.15, 0.2) is 0 Å². The lowest BCUT2D eigenvalue weighted by molar-refractivity contribution is -0.127. The largest absolute Gasteiger partial charge is 0.356 e. The Balaban J connectivity index is 1.72. The molecule has 1 amide bonds. The molecular formula is C13H24N2O. The van der Waals surface area contributed by atoms with E-state index in [-0.39, 0.29) is 11.8 Å². The van der Waals surface area contributed by atoms with Gasteiger partial charge in [-0.1, -0.05) is 25.7 Å². The molecule has 0 aromatic rings. The van der Waals surface area contributed by atoms with Gasteiger partial charge in [-0.2, -0.15) is 0 Å². The first-order chi connectivity index (χ1) is 7.81. The van der Waals surface area contributed by atoms with Crippen LogP contribution >= 0.6 is 0 Å². The zero-order valence-corrected chi connectivity index (χ0v) is 10.1. The quantitative estimate of drug-likeness (QED) is 0.746. The number of amides is 1. The second kappa shape index (κ2) is 5.67. The van der Waals surface area contributed by atoms with Crippen molar-refractivity contribution in [2.45, 2.75) is 44.9 Å². The zero-order chi connectivity index (χ0) is 11.4. The maximum absolute atomic E-state index is 12.0. The van der Waals surface area contributed by atoms with Crippen molar-refractivity contribution in [3.63, 3.8) is 0 Å². The Bertz CT molecular complexity index is 238. The van der Waals surface area contributed by atoms with Crippen LogP contribution in [0.25, 0.3) is 0 Å². The van der Waals surface area contributed by atoms with Gasteiger partial charge in [-0.25, -0.2) is 0 Å². The van der Waals surface area contributed by atoms with Gasteiger partial charge in [-0.3, -0.25) is 4.79 Å². The topological polar surface area (TPSA) is 55.1 Å². The minimum Gasteiger partial charge on any atom is -0.356 e. The molecule has 2 saturated carbocycles. The molecule has 0 radical (unpaired) electrons. The molecule has 2 aliphatic rings. The van der Waals surface area contributed by atoms with Crippen LogP contribution in [0.3, 0.4) is 0 Å². The van der Waals surface area contributed by atoms with E-state index in [0.717, 1.165) is 25.3 Å². The number of carbonyl (C=O) groups is 1. The lowest BCUT2D eigenvalue weighted by Crippen LogP contribution is -2.39. The van der Waals surface area contributed by atoms with E-state index in [4.69, 9.17) is 5.73 Å². The second-order valence-electron chi connectivity index (χ2n) is 5.41. The fraction of sp³-hybridized carbons (Fsp3) is 0.923. The smallest absolute Gasteiger partial charge is 0.223 e. The van der Waals surface area contributed by atoms with Crippen LogP contribution in [0.2, 0.25) is 0 Å². The molecule has 3 heteroatoms. The molecule has 2 atom stereocenters. The average Bonchev–Trinajstić information content (AvgIpc) is 3.13. The molecule has 3 N–H and O–H groups in total. The Morgan fingerprint density at radius 3 is 2.62 bits per heavy atom. The predicted octanol–water partition coefficient (Wildman–Crippen LogP) is 1.67. The second-order valence-corrected chi connectivity index (χ2v) is 5.41. The van der Waals surface area contributed by atoms with Crippen molar-refractivity contribution in [3.8, 4) is 0 Å². The molecule has 2 unspecified atom stereocenters. The highest BCUT2D eigenvalue weighted by Crippen LogP contribution is 2.32. The van der Waals surface area contributed by atoms with E-state index in [1.807, 2.05) is 0 Å². The van der Waals surface area contributed by atoms with Crippen LogP contribution in [0.15, 0.2) is 0 Å². The standard InChI is InChI=1S/C13H24N2O/c14-9-11-3-1-2-4-12(11)13(16)15-8-7-10-5-6-10/h10-12H,1-9,14H2,(H,15,16). The molecule has 0 aromatic heterocycles. The Hall–Kier alpha value is -0.570. The Morgan fingerprint density at radius 1 is 1.19 bits per heavy atom. The maximum atomic E-state index is 12.0. The number of hydrogen-bond acceptors (Lipinski definition) is 2. The summed E-state index contributed by atoms with van der Waals surface area (Å²) in [5, 5.41) is 3.09. The molecule has 0 aliphatic heterocycles. The maximum Gasteiger partial charge on any atom is 0.223 e. The third-order valence-corrected chi connectivity index (χ3v) is 4.10. The number of nitrogens with one attached hydrogen (secondary N) is 1. The molecule has 3 nitrogen and oxygen atoms in total. The molecule has 92 valence electrons. The molecule has 16 heavy (non-hydrogen) atoms. The third kappa shape index (κ3) is 3.21. The zero-order valence-electron chi connectivity index (χ0n) is 10.1. The minimum absolute atomic E-state index is 0.193. The van der Waals surface area contributed by atoms with Crippen LogP contribution in [0.5, 0.6) is 0 Å². The van der Waals surface area contributed by atoms with Crippen LogP contribution in [0, 0.1) is 17.8 Å². The lowest BCUT2D eigenvalue weighted by atomic mass is 9.79. The summed E-state index contributed by atoms with van der Waals surface area (Å²) >= 11 is 0. The van der Waals surface area contributed by atoms with Crippen LogP contribution < -0.4 is 11.1 Å². The molecule has 2 aliphatic carbocycles. The van der Waals surface area contributed by atoms with Gasteiger partial charge in [0.25, 0.3) is 0 Å². The van der Waals surface area contributed by atoms with Crippen LogP contribution in [-0.2, 0) is 4.79 Å². The average molecular weight is 224 g/mol. The van der Waals surface area contributed by atoms with Crippen molar-refractivity contribution >= 4 is 5.91 Å². The van der Waals surface area contributed by atoms with E-state index in [9.17, 15) is 4.79 Å². The number of carbonyl (C=O) groups excluding carboxylic acids is 1. The first-order valence-electron chi connectivity index (χ1n) is 6.79. The number of rotatable bonds is 5. The van der Waals surface area contributed by atoms with Crippen molar-refractivity contribution in [2.24, 2.45) is 23.5 Å².